The highest BCUT2D eigenvalue weighted by atomic mass is 79.9. The maximum Gasteiger partial charge on any atom is 0.396 e. The Labute approximate surface area is 127 Å². The molecule has 2 aromatic rings. The molecule has 0 atom stereocenters. The molecular formula is C10H4Br2O4S2. The van der Waals surface area contributed by atoms with Crippen LogP contribution in [0, 0.1) is 0 Å². The van der Waals surface area contributed by atoms with E-state index in [2.05, 4.69) is 41.6 Å². The smallest absolute Gasteiger partial charge is 0.241 e. The fourth-order valence-electron chi connectivity index (χ4n) is 0.998. The van der Waals surface area contributed by atoms with E-state index in [-0.39, 0.29) is 0 Å². The third-order valence-electron chi connectivity index (χ3n) is 1.73. The summed E-state index contributed by atoms with van der Waals surface area (Å²) < 4.78 is 1.54. The second-order valence-electron chi connectivity index (χ2n) is 3.00. The Morgan fingerprint density at radius 2 is 1.28 bits per heavy atom. The van der Waals surface area contributed by atoms with Crippen molar-refractivity contribution in [2.45, 2.75) is 0 Å². The molecular weight excluding hydrogens is 408 g/mol. The molecule has 18 heavy (non-hydrogen) atoms. The Kier molecular flexibility index (Phi) is 4.55. The van der Waals surface area contributed by atoms with Crippen LogP contribution >= 0.6 is 54.5 Å². The minimum Gasteiger partial charge on any atom is -0.241 e. The second kappa shape index (κ2) is 5.96. The van der Waals surface area contributed by atoms with Gasteiger partial charge >= 0.3 is 11.9 Å². The average molecular weight is 412 g/mol. The molecule has 0 saturated heterocycles. The SMILES string of the molecule is O=C(OOC(=O)c1cc(Br)cs1)c1cc(Br)cs1. The third-order valence-corrected chi connectivity index (χ3v) is 5.07. The topological polar surface area (TPSA) is 52.6 Å². The first-order valence-corrected chi connectivity index (χ1v) is 7.82. The molecule has 0 N–H and O–H groups in total. The lowest BCUT2D eigenvalue weighted by atomic mass is 10.5. The molecule has 0 aliphatic carbocycles. The number of hydrogen-bond acceptors (Lipinski definition) is 6. The molecule has 94 valence electrons. The van der Waals surface area contributed by atoms with Crippen molar-refractivity contribution in [3.63, 3.8) is 0 Å². The van der Waals surface area contributed by atoms with Gasteiger partial charge in [-0.25, -0.2) is 19.4 Å². The van der Waals surface area contributed by atoms with Gasteiger partial charge in [-0.3, -0.25) is 0 Å². The van der Waals surface area contributed by atoms with E-state index in [1.807, 2.05) is 0 Å². The number of carbonyl (C=O) groups excluding carboxylic acids is 2. The van der Waals surface area contributed by atoms with Gasteiger partial charge in [0, 0.05) is 19.7 Å². The van der Waals surface area contributed by atoms with Gasteiger partial charge in [0.2, 0.25) is 0 Å². The Balaban J connectivity index is 1.92. The second-order valence-corrected chi connectivity index (χ2v) is 6.65. The number of thiophene rings is 2. The van der Waals surface area contributed by atoms with Crippen molar-refractivity contribution >= 4 is 66.5 Å². The number of carbonyl (C=O) groups is 2. The van der Waals surface area contributed by atoms with E-state index in [0.29, 0.717) is 9.75 Å². The highest BCUT2D eigenvalue weighted by molar-refractivity contribution is 9.10. The summed E-state index contributed by atoms with van der Waals surface area (Å²) in [6.07, 6.45) is 0. The lowest BCUT2D eigenvalue weighted by molar-refractivity contribution is -0.187. The molecule has 0 spiro atoms. The minimum absolute atomic E-state index is 0.349. The third kappa shape index (κ3) is 3.41. The zero-order valence-corrected chi connectivity index (χ0v) is 13.3. The Morgan fingerprint density at radius 1 is 0.889 bits per heavy atom. The van der Waals surface area contributed by atoms with Crippen LogP contribution in [0.15, 0.2) is 31.8 Å². The van der Waals surface area contributed by atoms with E-state index in [0.717, 1.165) is 8.95 Å². The average Bonchev–Trinajstić information content (AvgIpc) is 2.94. The summed E-state index contributed by atoms with van der Waals surface area (Å²) in [7, 11) is 0. The largest absolute Gasteiger partial charge is 0.396 e. The zero-order valence-electron chi connectivity index (χ0n) is 8.51. The molecule has 0 saturated carbocycles. The van der Waals surface area contributed by atoms with E-state index in [4.69, 9.17) is 0 Å². The van der Waals surface area contributed by atoms with Crippen molar-refractivity contribution in [3.8, 4) is 0 Å². The molecule has 4 nitrogen and oxygen atoms in total. The van der Waals surface area contributed by atoms with Crippen LogP contribution in [0.2, 0.25) is 0 Å². The molecule has 0 aromatic carbocycles. The summed E-state index contributed by atoms with van der Waals surface area (Å²) in [6, 6.07) is 3.17. The molecule has 8 heteroatoms. The summed E-state index contributed by atoms with van der Waals surface area (Å²) in [6.45, 7) is 0. The molecule has 0 aliphatic rings. The van der Waals surface area contributed by atoms with Gasteiger partial charge in [-0.2, -0.15) is 0 Å². The summed E-state index contributed by atoms with van der Waals surface area (Å²) in [5, 5.41) is 3.46. The van der Waals surface area contributed by atoms with Crippen LogP contribution in [0.25, 0.3) is 0 Å². The predicted octanol–water partition coefficient (Wildman–Crippen LogP) is 4.26. The maximum atomic E-state index is 11.5. The van der Waals surface area contributed by atoms with Crippen molar-refractivity contribution in [2.75, 3.05) is 0 Å². The van der Waals surface area contributed by atoms with Crippen molar-refractivity contribution < 1.29 is 19.4 Å². The Morgan fingerprint density at radius 3 is 1.56 bits per heavy atom. The highest BCUT2D eigenvalue weighted by Crippen LogP contribution is 2.22. The molecule has 0 amide bonds. The van der Waals surface area contributed by atoms with Crippen LogP contribution < -0.4 is 0 Å². The van der Waals surface area contributed by atoms with Crippen molar-refractivity contribution in [1.82, 2.24) is 0 Å². The summed E-state index contributed by atoms with van der Waals surface area (Å²) >= 11 is 8.81. The van der Waals surface area contributed by atoms with Crippen molar-refractivity contribution in [1.29, 1.82) is 0 Å². The lowest BCUT2D eigenvalue weighted by Gasteiger charge is -1.99. The van der Waals surface area contributed by atoms with Crippen LogP contribution in [0.4, 0.5) is 0 Å². The number of halogens is 2. The molecule has 0 fully saturated rings. The standard InChI is InChI=1S/C10H4Br2O4S2/c11-5-1-7(17-3-5)9(13)15-16-10(14)8-2-6(12)4-18-8/h1-4H. The molecule has 0 aliphatic heterocycles. The molecule has 0 radical (unpaired) electrons. The molecule has 2 aromatic heterocycles. The minimum atomic E-state index is -0.699. The monoisotopic (exact) mass is 410 g/mol. The van der Waals surface area contributed by atoms with Gasteiger partial charge in [-0.1, -0.05) is 0 Å². The van der Waals surface area contributed by atoms with Gasteiger partial charge in [0.1, 0.15) is 9.75 Å². The predicted molar refractivity (Wildman–Crippen MR) is 74.9 cm³/mol. The van der Waals surface area contributed by atoms with Gasteiger partial charge in [0.25, 0.3) is 0 Å². The first kappa shape index (κ1) is 13.7. The number of rotatable bonds is 2. The van der Waals surface area contributed by atoms with Gasteiger partial charge in [-0.05, 0) is 44.0 Å². The highest BCUT2D eigenvalue weighted by Gasteiger charge is 2.16. The fourth-order valence-corrected chi connectivity index (χ4v) is 3.59. The van der Waals surface area contributed by atoms with Gasteiger partial charge in [0.05, 0.1) is 0 Å². The summed E-state index contributed by atoms with van der Waals surface area (Å²) in [4.78, 5) is 32.6. The fraction of sp³-hybridized carbons (Fsp3) is 0. The van der Waals surface area contributed by atoms with Crippen molar-refractivity contribution in [3.05, 3.63) is 41.6 Å². The normalized spacial score (nSPS) is 10.1. The zero-order chi connectivity index (χ0) is 13.1. The number of hydrogen-bond donors (Lipinski definition) is 0. The van der Waals surface area contributed by atoms with E-state index >= 15 is 0 Å². The lowest BCUT2D eigenvalue weighted by Crippen LogP contribution is -2.09. The molecule has 2 heterocycles. The van der Waals surface area contributed by atoms with Crippen LogP contribution in [0.1, 0.15) is 19.3 Å². The Hall–Kier alpha value is -0.700. The van der Waals surface area contributed by atoms with Gasteiger partial charge < -0.3 is 0 Å². The van der Waals surface area contributed by atoms with E-state index in [1.165, 1.54) is 22.7 Å². The first-order chi connectivity index (χ1) is 8.56. The maximum absolute atomic E-state index is 11.5. The Bertz CT molecular complexity index is 538. The van der Waals surface area contributed by atoms with Gasteiger partial charge in [-0.15, -0.1) is 22.7 Å². The van der Waals surface area contributed by atoms with Crippen LogP contribution in [-0.2, 0) is 9.78 Å². The van der Waals surface area contributed by atoms with Crippen LogP contribution in [0.5, 0.6) is 0 Å². The quantitative estimate of drug-likeness (QED) is 0.547. The van der Waals surface area contributed by atoms with E-state index in [9.17, 15) is 9.59 Å². The van der Waals surface area contributed by atoms with Crippen molar-refractivity contribution in [2.24, 2.45) is 0 Å². The van der Waals surface area contributed by atoms with E-state index in [1.54, 1.807) is 22.9 Å². The van der Waals surface area contributed by atoms with Gasteiger partial charge in [0.15, 0.2) is 0 Å². The first-order valence-electron chi connectivity index (χ1n) is 4.47. The van der Waals surface area contributed by atoms with E-state index < -0.39 is 11.9 Å². The molecule has 0 bridgehead atoms. The van der Waals surface area contributed by atoms with Crippen LogP contribution in [0.3, 0.4) is 0 Å². The molecule has 2 rings (SSSR count). The summed E-state index contributed by atoms with van der Waals surface area (Å²) in [5.41, 5.74) is 0. The van der Waals surface area contributed by atoms with Crippen LogP contribution in [-0.4, -0.2) is 11.9 Å². The molecule has 0 unspecified atom stereocenters. The summed E-state index contributed by atoms with van der Waals surface area (Å²) in [5.74, 6) is -1.40.